The van der Waals surface area contributed by atoms with Crippen molar-refractivity contribution in [2.45, 2.75) is 33.8 Å². The molecule has 0 aromatic heterocycles. The molecule has 0 fully saturated rings. The van der Waals surface area contributed by atoms with Crippen molar-refractivity contribution in [1.82, 2.24) is 5.32 Å². The van der Waals surface area contributed by atoms with Crippen LogP contribution in [0.15, 0.2) is 0 Å². The lowest BCUT2D eigenvalue weighted by molar-refractivity contribution is -0.130. The SMILES string of the molecule is COC(C)C(=O)NCC(C)C(C)C. The summed E-state index contributed by atoms with van der Waals surface area (Å²) in [6.45, 7) is 8.90. The van der Waals surface area contributed by atoms with Gasteiger partial charge in [-0.2, -0.15) is 0 Å². The van der Waals surface area contributed by atoms with Crippen molar-refractivity contribution in [2.75, 3.05) is 13.7 Å². The summed E-state index contributed by atoms with van der Waals surface area (Å²) in [7, 11) is 1.54. The van der Waals surface area contributed by atoms with Crippen LogP contribution in [-0.4, -0.2) is 25.7 Å². The minimum absolute atomic E-state index is 0.0324. The van der Waals surface area contributed by atoms with Gasteiger partial charge in [-0.3, -0.25) is 4.79 Å². The third kappa shape index (κ3) is 4.88. The molecule has 2 unspecified atom stereocenters. The minimum atomic E-state index is -0.348. The largest absolute Gasteiger partial charge is 0.372 e. The molecule has 2 atom stereocenters. The molecule has 3 nitrogen and oxygen atoms in total. The highest BCUT2D eigenvalue weighted by Gasteiger charge is 2.13. The molecule has 0 spiro atoms. The molecule has 0 aromatic rings. The Morgan fingerprint density at radius 3 is 2.23 bits per heavy atom. The van der Waals surface area contributed by atoms with E-state index in [0.29, 0.717) is 11.8 Å². The maximum absolute atomic E-state index is 11.3. The lowest BCUT2D eigenvalue weighted by atomic mass is 9.98. The van der Waals surface area contributed by atoms with Crippen LogP contribution in [0.3, 0.4) is 0 Å². The number of methoxy groups -OCH3 is 1. The third-order valence-corrected chi connectivity index (χ3v) is 2.46. The smallest absolute Gasteiger partial charge is 0.248 e. The van der Waals surface area contributed by atoms with Crippen molar-refractivity contribution < 1.29 is 9.53 Å². The Labute approximate surface area is 80.8 Å². The Hall–Kier alpha value is -0.570. The van der Waals surface area contributed by atoms with Gasteiger partial charge in [-0.25, -0.2) is 0 Å². The second-order valence-corrected chi connectivity index (χ2v) is 3.84. The average Bonchev–Trinajstić information content (AvgIpc) is 2.11. The van der Waals surface area contributed by atoms with Crippen molar-refractivity contribution >= 4 is 5.91 Å². The van der Waals surface area contributed by atoms with Gasteiger partial charge < -0.3 is 10.1 Å². The predicted molar refractivity (Wildman–Crippen MR) is 53.5 cm³/mol. The van der Waals surface area contributed by atoms with E-state index in [2.05, 4.69) is 26.1 Å². The third-order valence-electron chi connectivity index (χ3n) is 2.46. The van der Waals surface area contributed by atoms with Gasteiger partial charge in [0.05, 0.1) is 0 Å². The van der Waals surface area contributed by atoms with Crippen LogP contribution in [0.1, 0.15) is 27.7 Å². The van der Waals surface area contributed by atoms with Crippen LogP contribution >= 0.6 is 0 Å². The summed E-state index contributed by atoms with van der Waals surface area (Å²) in [4.78, 5) is 11.3. The van der Waals surface area contributed by atoms with E-state index in [1.165, 1.54) is 7.11 Å². The van der Waals surface area contributed by atoms with E-state index >= 15 is 0 Å². The molecule has 1 amide bonds. The summed E-state index contributed by atoms with van der Waals surface area (Å²) >= 11 is 0. The summed E-state index contributed by atoms with van der Waals surface area (Å²) in [5, 5.41) is 2.85. The second-order valence-electron chi connectivity index (χ2n) is 3.84. The van der Waals surface area contributed by atoms with Crippen molar-refractivity contribution in [3.05, 3.63) is 0 Å². The topological polar surface area (TPSA) is 38.3 Å². The van der Waals surface area contributed by atoms with Crippen molar-refractivity contribution in [1.29, 1.82) is 0 Å². The van der Waals surface area contributed by atoms with Gasteiger partial charge in [0.15, 0.2) is 0 Å². The maximum Gasteiger partial charge on any atom is 0.248 e. The fourth-order valence-electron chi connectivity index (χ4n) is 0.748. The predicted octanol–water partition coefficient (Wildman–Crippen LogP) is 1.43. The molecule has 1 N–H and O–H groups in total. The Morgan fingerprint density at radius 2 is 1.85 bits per heavy atom. The lowest BCUT2D eigenvalue weighted by Gasteiger charge is -2.17. The number of amides is 1. The standard InChI is InChI=1S/C10H21NO2/c1-7(2)8(3)6-11-10(12)9(4)13-5/h7-9H,6H2,1-5H3,(H,11,12). The fourth-order valence-corrected chi connectivity index (χ4v) is 0.748. The van der Waals surface area contributed by atoms with E-state index in [-0.39, 0.29) is 12.0 Å². The van der Waals surface area contributed by atoms with Crippen LogP contribution < -0.4 is 5.32 Å². The van der Waals surface area contributed by atoms with Crippen molar-refractivity contribution in [2.24, 2.45) is 11.8 Å². The molecule has 0 aliphatic rings. The normalized spacial score (nSPS) is 15.5. The van der Waals surface area contributed by atoms with E-state index in [1.807, 2.05) is 0 Å². The number of nitrogens with one attached hydrogen (secondary N) is 1. The van der Waals surface area contributed by atoms with Gasteiger partial charge in [0.25, 0.3) is 0 Å². The molecule has 0 radical (unpaired) electrons. The summed E-state index contributed by atoms with van der Waals surface area (Å²) in [5.74, 6) is 1.07. The molecule has 13 heavy (non-hydrogen) atoms. The highest BCUT2D eigenvalue weighted by Crippen LogP contribution is 2.07. The van der Waals surface area contributed by atoms with E-state index < -0.39 is 0 Å². The first-order valence-electron chi connectivity index (χ1n) is 4.79. The first-order chi connectivity index (χ1) is 5.99. The highest BCUT2D eigenvalue weighted by atomic mass is 16.5. The molecule has 78 valence electrons. The van der Waals surface area contributed by atoms with E-state index in [9.17, 15) is 4.79 Å². The first kappa shape index (κ1) is 12.4. The van der Waals surface area contributed by atoms with Crippen LogP contribution in [0.25, 0.3) is 0 Å². The quantitative estimate of drug-likeness (QED) is 0.707. The molecule has 3 heteroatoms. The molecular weight excluding hydrogens is 166 g/mol. The molecule has 0 saturated heterocycles. The molecule has 0 aliphatic heterocycles. The van der Waals surface area contributed by atoms with Crippen molar-refractivity contribution in [3.63, 3.8) is 0 Å². The van der Waals surface area contributed by atoms with Gasteiger partial charge >= 0.3 is 0 Å². The Balaban J connectivity index is 3.70. The van der Waals surface area contributed by atoms with Gasteiger partial charge in [0, 0.05) is 13.7 Å². The first-order valence-corrected chi connectivity index (χ1v) is 4.79. The summed E-state index contributed by atoms with van der Waals surface area (Å²) in [6, 6.07) is 0. The van der Waals surface area contributed by atoms with Crippen LogP contribution in [0.2, 0.25) is 0 Å². The van der Waals surface area contributed by atoms with Crippen LogP contribution in [0.4, 0.5) is 0 Å². The zero-order valence-corrected chi connectivity index (χ0v) is 9.26. The molecular formula is C10H21NO2. The Kier molecular flexibility index (Phi) is 5.71. The van der Waals surface area contributed by atoms with E-state index in [0.717, 1.165) is 6.54 Å². The Bertz CT molecular complexity index is 157. The van der Waals surface area contributed by atoms with Gasteiger partial charge in [0.1, 0.15) is 6.10 Å². The fraction of sp³-hybridized carbons (Fsp3) is 0.900. The second kappa shape index (κ2) is 5.97. The van der Waals surface area contributed by atoms with Gasteiger partial charge in [-0.15, -0.1) is 0 Å². The lowest BCUT2D eigenvalue weighted by Crippen LogP contribution is -2.37. The van der Waals surface area contributed by atoms with Gasteiger partial charge in [-0.05, 0) is 18.8 Å². The number of carbonyl (C=O) groups is 1. The van der Waals surface area contributed by atoms with Crippen molar-refractivity contribution in [3.8, 4) is 0 Å². The molecule has 0 heterocycles. The summed E-state index contributed by atoms with van der Waals surface area (Å²) < 4.78 is 4.89. The molecule has 0 bridgehead atoms. The molecule has 0 rings (SSSR count). The summed E-state index contributed by atoms with van der Waals surface area (Å²) in [6.07, 6.45) is -0.348. The van der Waals surface area contributed by atoms with Gasteiger partial charge in [-0.1, -0.05) is 20.8 Å². The van der Waals surface area contributed by atoms with Crippen LogP contribution in [0, 0.1) is 11.8 Å². The number of hydrogen-bond donors (Lipinski definition) is 1. The molecule has 0 aromatic carbocycles. The van der Waals surface area contributed by atoms with Gasteiger partial charge in [0.2, 0.25) is 5.91 Å². The van der Waals surface area contributed by atoms with Crippen LogP contribution in [0.5, 0.6) is 0 Å². The number of rotatable bonds is 5. The van der Waals surface area contributed by atoms with E-state index in [4.69, 9.17) is 4.74 Å². The highest BCUT2D eigenvalue weighted by molar-refractivity contribution is 5.80. The number of ether oxygens (including phenoxy) is 1. The number of carbonyl (C=O) groups excluding carboxylic acids is 1. The van der Waals surface area contributed by atoms with E-state index in [1.54, 1.807) is 6.92 Å². The van der Waals surface area contributed by atoms with Crippen LogP contribution in [-0.2, 0) is 9.53 Å². The minimum Gasteiger partial charge on any atom is -0.372 e. The monoisotopic (exact) mass is 187 g/mol. The zero-order valence-electron chi connectivity index (χ0n) is 9.26. The Morgan fingerprint density at radius 1 is 1.31 bits per heavy atom. The maximum atomic E-state index is 11.3. The molecule has 0 aliphatic carbocycles. The summed E-state index contributed by atoms with van der Waals surface area (Å²) in [5.41, 5.74) is 0. The zero-order chi connectivity index (χ0) is 10.4. The average molecular weight is 187 g/mol. The number of hydrogen-bond acceptors (Lipinski definition) is 2. The molecule has 0 saturated carbocycles.